The second-order valence-electron chi connectivity index (χ2n) is 7.38. The van der Waals surface area contributed by atoms with Crippen molar-refractivity contribution in [3.05, 3.63) is 58.1 Å². The van der Waals surface area contributed by atoms with E-state index in [1.807, 2.05) is 13.0 Å². The number of hydrogen-bond donors (Lipinski definition) is 2. The number of piperidine rings is 1. The highest BCUT2D eigenvalue weighted by molar-refractivity contribution is 9.10. The van der Waals surface area contributed by atoms with Crippen molar-refractivity contribution in [1.29, 1.82) is 0 Å². The molecule has 1 aliphatic heterocycles. The van der Waals surface area contributed by atoms with Gasteiger partial charge in [-0.2, -0.15) is 0 Å². The Hall–Kier alpha value is -2.39. The minimum absolute atomic E-state index is 0.0230. The number of carbonyl (C=O) groups excluding carboxylic acids is 2. The van der Waals surface area contributed by atoms with Crippen LogP contribution in [-0.2, 0) is 14.8 Å². The zero-order valence-corrected chi connectivity index (χ0v) is 19.2. The Morgan fingerprint density at radius 3 is 2.47 bits per heavy atom. The number of halogens is 1. The van der Waals surface area contributed by atoms with Gasteiger partial charge in [-0.25, -0.2) is 8.42 Å². The molecular weight excluding hydrogens is 470 g/mol. The van der Waals surface area contributed by atoms with Gasteiger partial charge in [0.1, 0.15) is 0 Å². The van der Waals surface area contributed by atoms with Crippen molar-refractivity contribution in [3.63, 3.8) is 0 Å². The van der Waals surface area contributed by atoms with Crippen LogP contribution in [0, 0.1) is 6.92 Å². The molecule has 160 valence electrons. The van der Waals surface area contributed by atoms with Crippen LogP contribution >= 0.6 is 15.9 Å². The number of aryl methyl sites for hydroxylation is 1. The summed E-state index contributed by atoms with van der Waals surface area (Å²) in [5.74, 6) is -0.296. The van der Waals surface area contributed by atoms with E-state index in [4.69, 9.17) is 0 Å². The Balaban J connectivity index is 1.74. The van der Waals surface area contributed by atoms with Gasteiger partial charge in [-0.1, -0.05) is 12.1 Å². The van der Waals surface area contributed by atoms with Gasteiger partial charge in [-0.05, 0) is 71.6 Å². The highest BCUT2D eigenvalue weighted by atomic mass is 79.9. The van der Waals surface area contributed by atoms with Crippen molar-refractivity contribution < 1.29 is 18.0 Å². The molecule has 0 spiro atoms. The number of sulfonamides is 1. The maximum Gasteiger partial charge on any atom is 0.261 e. The van der Waals surface area contributed by atoms with Gasteiger partial charge in [0.25, 0.3) is 15.9 Å². The lowest BCUT2D eigenvalue weighted by atomic mass is 10.0. The summed E-state index contributed by atoms with van der Waals surface area (Å²) in [7, 11) is -3.86. The molecule has 9 heteroatoms. The first-order valence-corrected chi connectivity index (χ1v) is 11.9. The highest BCUT2D eigenvalue weighted by Crippen LogP contribution is 2.26. The van der Waals surface area contributed by atoms with Crippen LogP contribution in [-0.4, -0.2) is 44.3 Å². The minimum atomic E-state index is -3.86. The molecule has 1 aliphatic rings. The molecule has 2 N–H and O–H groups in total. The fourth-order valence-electron chi connectivity index (χ4n) is 3.41. The molecule has 1 fully saturated rings. The van der Waals surface area contributed by atoms with Crippen molar-refractivity contribution in [2.75, 3.05) is 17.8 Å². The molecule has 0 unspecified atom stereocenters. The number of likely N-dealkylation sites (tertiary alicyclic amines) is 1. The van der Waals surface area contributed by atoms with Crippen molar-refractivity contribution in [2.24, 2.45) is 0 Å². The Kier molecular flexibility index (Phi) is 6.82. The lowest BCUT2D eigenvalue weighted by Crippen LogP contribution is -2.46. The average Bonchev–Trinajstić information content (AvgIpc) is 2.70. The first kappa shape index (κ1) is 22.3. The Morgan fingerprint density at radius 1 is 1.10 bits per heavy atom. The summed E-state index contributed by atoms with van der Waals surface area (Å²) in [4.78, 5) is 25.8. The van der Waals surface area contributed by atoms with Crippen LogP contribution in [0.15, 0.2) is 51.8 Å². The van der Waals surface area contributed by atoms with E-state index in [1.54, 1.807) is 29.2 Å². The number of carbonyl (C=O) groups is 2. The molecular formula is C21H24BrN3O4S. The number of anilines is 1. The first-order chi connectivity index (χ1) is 14.2. The van der Waals surface area contributed by atoms with Crippen molar-refractivity contribution in [1.82, 2.24) is 10.2 Å². The summed E-state index contributed by atoms with van der Waals surface area (Å²) >= 11 is 3.35. The number of nitrogens with one attached hydrogen (secondary N) is 2. The molecule has 0 atom stereocenters. The predicted molar refractivity (Wildman–Crippen MR) is 119 cm³/mol. The van der Waals surface area contributed by atoms with E-state index in [0.717, 1.165) is 5.56 Å². The Morgan fingerprint density at radius 2 is 1.80 bits per heavy atom. The monoisotopic (exact) mass is 493 g/mol. The SMILES string of the molecule is CC(=O)NC1CCN(C(=O)c2cccc(S(=O)(=O)Nc3cc(C)ccc3Br)c2)CC1. The van der Waals surface area contributed by atoms with E-state index < -0.39 is 10.0 Å². The van der Waals surface area contributed by atoms with Crippen LogP contribution in [0.25, 0.3) is 0 Å². The zero-order valence-electron chi connectivity index (χ0n) is 16.8. The molecule has 2 amide bonds. The summed E-state index contributed by atoms with van der Waals surface area (Å²) in [5, 5.41) is 2.87. The van der Waals surface area contributed by atoms with E-state index in [9.17, 15) is 18.0 Å². The maximum absolute atomic E-state index is 12.9. The molecule has 2 aromatic carbocycles. The Bertz CT molecular complexity index is 1060. The lowest BCUT2D eigenvalue weighted by Gasteiger charge is -2.32. The maximum atomic E-state index is 12.9. The fourth-order valence-corrected chi connectivity index (χ4v) is 5.01. The molecule has 0 radical (unpaired) electrons. The van der Waals surface area contributed by atoms with Gasteiger partial charge in [-0.15, -0.1) is 0 Å². The van der Waals surface area contributed by atoms with Crippen molar-refractivity contribution in [3.8, 4) is 0 Å². The third-order valence-electron chi connectivity index (χ3n) is 4.95. The molecule has 30 heavy (non-hydrogen) atoms. The number of hydrogen-bond acceptors (Lipinski definition) is 4. The summed E-state index contributed by atoms with van der Waals surface area (Å²) in [6, 6.07) is 11.5. The summed E-state index contributed by atoms with van der Waals surface area (Å²) < 4.78 is 28.9. The smallest absolute Gasteiger partial charge is 0.261 e. The number of benzene rings is 2. The van der Waals surface area contributed by atoms with Crippen LogP contribution in [0.5, 0.6) is 0 Å². The fraction of sp³-hybridized carbons (Fsp3) is 0.333. The zero-order chi connectivity index (χ0) is 21.9. The van der Waals surface area contributed by atoms with Gasteiger partial charge < -0.3 is 10.2 Å². The topological polar surface area (TPSA) is 95.6 Å². The summed E-state index contributed by atoms with van der Waals surface area (Å²) in [5.41, 5.74) is 1.67. The summed E-state index contributed by atoms with van der Waals surface area (Å²) in [6.45, 7) is 4.37. The van der Waals surface area contributed by atoms with E-state index in [1.165, 1.54) is 19.1 Å². The Labute approximate surface area is 185 Å². The highest BCUT2D eigenvalue weighted by Gasteiger charge is 2.25. The van der Waals surface area contributed by atoms with Crippen molar-refractivity contribution in [2.45, 2.75) is 37.6 Å². The molecule has 0 aliphatic carbocycles. The standard InChI is InChI=1S/C21H24BrN3O4S/c1-14-6-7-19(22)20(12-14)24-30(28,29)18-5-3-4-16(13-18)21(27)25-10-8-17(9-11-25)23-15(2)26/h3-7,12-13,17,24H,8-11H2,1-2H3,(H,23,26). The normalized spacial score (nSPS) is 15.0. The second kappa shape index (κ2) is 9.18. The van der Waals surface area contributed by atoms with E-state index >= 15 is 0 Å². The third kappa shape index (κ3) is 5.40. The van der Waals surface area contributed by atoms with Gasteiger partial charge >= 0.3 is 0 Å². The predicted octanol–water partition coefficient (Wildman–Crippen LogP) is 3.30. The minimum Gasteiger partial charge on any atom is -0.353 e. The van der Waals surface area contributed by atoms with Gasteiger partial charge in [-0.3, -0.25) is 14.3 Å². The van der Waals surface area contributed by atoms with Crippen LogP contribution in [0.3, 0.4) is 0 Å². The van der Waals surface area contributed by atoms with Gasteiger partial charge in [0.2, 0.25) is 5.91 Å². The largest absolute Gasteiger partial charge is 0.353 e. The molecule has 0 saturated carbocycles. The lowest BCUT2D eigenvalue weighted by molar-refractivity contribution is -0.119. The van der Waals surface area contributed by atoms with Crippen LogP contribution in [0.2, 0.25) is 0 Å². The number of rotatable bonds is 5. The van der Waals surface area contributed by atoms with Gasteiger partial charge in [0.05, 0.1) is 10.6 Å². The molecule has 0 bridgehead atoms. The molecule has 7 nitrogen and oxygen atoms in total. The van der Waals surface area contributed by atoms with Crippen LogP contribution < -0.4 is 10.0 Å². The van der Waals surface area contributed by atoms with Gasteiger partial charge in [0.15, 0.2) is 0 Å². The van der Waals surface area contributed by atoms with Crippen molar-refractivity contribution >= 4 is 43.5 Å². The number of amides is 2. The number of nitrogens with zero attached hydrogens (tertiary/aromatic N) is 1. The first-order valence-electron chi connectivity index (χ1n) is 9.61. The quantitative estimate of drug-likeness (QED) is 0.667. The van der Waals surface area contributed by atoms with E-state index in [0.29, 0.717) is 41.7 Å². The molecule has 2 aromatic rings. The van der Waals surface area contributed by atoms with E-state index in [-0.39, 0.29) is 22.8 Å². The average molecular weight is 494 g/mol. The third-order valence-corrected chi connectivity index (χ3v) is 7.00. The van der Waals surface area contributed by atoms with Crippen LogP contribution in [0.4, 0.5) is 5.69 Å². The molecule has 3 rings (SSSR count). The molecule has 0 aromatic heterocycles. The van der Waals surface area contributed by atoms with Crippen LogP contribution in [0.1, 0.15) is 35.7 Å². The molecule has 1 heterocycles. The van der Waals surface area contributed by atoms with E-state index in [2.05, 4.69) is 26.0 Å². The van der Waals surface area contributed by atoms with Gasteiger partial charge in [0, 0.05) is 36.1 Å². The summed E-state index contributed by atoms with van der Waals surface area (Å²) in [6.07, 6.45) is 1.35. The molecule has 1 saturated heterocycles. The second-order valence-corrected chi connectivity index (χ2v) is 9.92.